The van der Waals surface area contributed by atoms with E-state index in [4.69, 9.17) is 19.2 Å². The monoisotopic (exact) mass is 570 g/mol. The van der Waals surface area contributed by atoms with Crippen LogP contribution in [0.3, 0.4) is 0 Å². The highest BCUT2D eigenvalue weighted by atomic mass is 32.1. The third kappa shape index (κ3) is 4.91. The zero-order valence-corrected chi connectivity index (χ0v) is 23.9. The molecule has 9 heteroatoms. The SMILES string of the molecule is CCCCOc1ccc([C@@H]2C(=C(O)c3ccc4c(c3)OCCO4)C(=O)C(=O)N2c2nc3c(C)cc(C)cc3s2)cc1. The van der Waals surface area contributed by atoms with Crippen molar-refractivity contribution in [3.63, 3.8) is 0 Å². The first-order valence-corrected chi connectivity index (χ1v) is 14.5. The number of rotatable bonds is 7. The molecule has 8 nitrogen and oxygen atoms in total. The number of hydrogen-bond acceptors (Lipinski definition) is 8. The number of ether oxygens (including phenoxy) is 3. The number of unbranched alkanes of at least 4 members (excludes halogenated alkanes) is 1. The second-order valence-electron chi connectivity index (χ2n) is 10.2. The maximum Gasteiger partial charge on any atom is 0.301 e. The Kier molecular flexibility index (Phi) is 7.13. The molecule has 0 radical (unpaired) electrons. The number of Topliss-reactive ketones (excluding diaryl/α,β-unsaturated/α-hetero) is 1. The van der Waals surface area contributed by atoms with Gasteiger partial charge in [0, 0.05) is 5.56 Å². The van der Waals surface area contributed by atoms with Crippen molar-refractivity contribution in [2.75, 3.05) is 24.7 Å². The van der Waals surface area contributed by atoms with Gasteiger partial charge in [-0.1, -0.05) is 42.9 Å². The highest BCUT2D eigenvalue weighted by Crippen LogP contribution is 2.45. The molecule has 1 atom stereocenters. The number of carbonyl (C=O) groups is 2. The summed E-state index contributed by atoms with van der Waals surface area (Å²) in [6.07, 6.45) is 1.96. The smallest absolute Gasteiger partial charge is 0.301 e. The summed E-state index contributed by atoms with van der Waals surface area (Å²) in [5.74, 6) is -0.0924. The van der Waals surface area contributed by atoms with Crippen LogP contribution in [0, 0.1) is 13.8 Å². The zero-order chi connectivity index (χ0) is 28.7. The van der Waals surface area contributed by atoms with Gasteiger partial charge in [-0.2, -0.15) is 0 Å². The summed E-state index contributed by atoms with van der Waals surface area (Å²) in [6.45, 7) is 7.50. The van der Waals surface area contributed by atoms with E-state index in [0.29, 0.717) is 53.3 Å². The number of thiazole rings is 1. The fourth-order valence-corrected chi connectivity index (χ4v) is 6.40. The Morgan fingerprint density at radius 1 is 1.05 bits per heavy atom. The van der Waals surface area contributed by atoms with Crippen LogP contribution in [-0.4, -0.2) is 41.6 Å². The Balaban J connectivity index is 1.48. The predicted octanol–water partition coefficient (Wildman–Crippen LogP) is 6.49. The second-order valence-corrected chi connectivity index (χ2v) is 11.2. The van der Waals surface area contributed by atoms with Gasteiger partial charge in [0.05, 0.1) is 28.4 Å². The number of aliphatic hydroxyl groups excluding tert-OH is 1. The molecule has 2 aliphatic heterocycles. The molecular formula is C32H30N2O6S. The van der Waals surface area contributed by atoms with E-state index in [0.717, 1.165) is 34.2 Å². The molecule has 41 heavy (non-hydrogen) atoms. The summed E-state index contributed by atoms with van der Waals surface area (Å²) in [4.78, 5) is 33.5. The minimum absolute atomic E-state index is 0.0153. The van der Waals surface area contributed by atoms with Crippen molar-refractivity contribution >= 4 is 44.1 Å². The molecule has 1 fully saturated rings. The van der Waals surface area contributed by atoms with Crippen LogP contribution in [-0.2, 0) is 9.59 Å². The third-order valence-electron chi connectivity index (χ3n) is 7.25. The van der Waals surface area contributed by atoms with Crippen LogP contribution in [0.15, 0.2) is 60.2 Å². The highest BCUT2D eigenvalue weighted by molar-refractivity contribution is 7.22. The van der Waals surface area contributed by atoms with Gasteiger partial charge in [-0.15, -0.1) is 0 Å². The van der Waals surface area contributed by atoms with Crippen molar-refractivity contribution < 1.29 is 28.9 Å². The molecule has 0 bridgehead atoms. The quantitative estimate of drug-likeness (QED) is 0.117. The van der Waals surface area contributed by atoms with E-state index in [1.807, 2.05) is 50.2 Å². The first-order chi connectivity index (χ1) is 19.9. The first-order valence-electron chi connectivity index (χ1n) is 13.7. The number of amides is 1. The van der Waals surface area contributed by atoms with Crippen LogP contribution >= 0.6 is 11.3 Å². The molecule has 6 rings (SSSR count). The predicted molar refractivity (Wildman–Crippen MR) is 158 cm³/mol. The fraction of sp³-hybridized carbons (Fsp3) is 0.281. The van der Waals surface area contributed by atoms with Crippen LogP contribution < -0.4 is 19.1 Å². The number of fused-ring (bicyclic) bond motifs is 2. The van der Waals surface area contributed by atoms with E-state index < -0.39 is 17.7 Å². The minimum atomic E-state index is -0.894. The van der Waals surface area contributed by atoms with E-state index in [1.165, 1.54) is 16.2 Å². The lowest BCUT2D eigenvalue weighted by Gasteiger charge is -2.23. The van der Waals surface area contributed by atoms with Gasteiger partial charge in [0.25, 0.3) is 5.78 Å². The Bertz CT molecular complexity index is 1690. The lowest BCUT2D eigenvalue weighted by Crippen LogP contribution is -2.29. The molecule has 3 heterocycles. The molecule has 0 aliphatic carbocycles. The minimum Gasteiger partial charge on any atom is -0.507 e. The van der Waals surface area contributed by atoms with Gasteiger partial charge in [-0.3, -0.25) is 14.5 Å². The standard InChI is InChI=1S/C32H30N2O6S/c1-4-5-12-38-22-9-6-20(7-10-22)28-26(29(35)21-8-11-23-24(17-21)40-14-13-39-23)30(36)31(37)34(28)32-33-27-19(3)15-18(2)16-25(27)41-32/h6-11,15-17,28,35H,4-5,12-14H2,1-3H3/t28-/m1/s1. The average molecular weight is 571 g/mol. The molecule has 0 saturated carbocycles. The third-order valence-corrected chi connectivity index (χ3v) is 8.25. The maximum absolute atomic E-state index is 13.7. The number of aryl methyl sites for hydroxylation is 2. The van der Waals surface area contributed by atoms with E-state index in [2.05, 4.69) is 6.92 Å². The summed E-state index contributed by atoms with van der Waals surface area (Å²) in [5.41, 5.74) is 3.84. The Hall–Kier alpha value is -4.37. The van der Waals surface area contributed by atoms with E-state index in [-0.39, 0.29) is 11.3 Å². The molecule has 210 valence electrons. The van der Waals surface area contributed by atoms with Gasteiger partial charge in [0.15, 0.2) is 16.6 Å². The van der Waals surface area contributed by atoms with Crippen molar-refractivity contribution in [3.8, 4) is 17.2 Å². The van der Waals surface area contributed by atoms with Crippen molar-refractivity contribution in [1.29, 1.82) is 0 Å². The molecule has 1 saturated heterocycles. The molecule has 0 spiro atoms. The summed E-state index contributed by atoms with van der Waals surface area (Å²) < 4.78 is 18.1. The molecule has 0 unspecified atom stereocenters. The van der Waals surface area contributed by atoms with Crippen LogP contribution in [0.1, 0.15) is 48.1 Å². The summed E-state index contributed by atoms with van der Waals surface area (Å²) in [7, 11) is 0. The molecular weight excluding hydrogens is 540 g/mol. The van der Waals surface area contributed by atoms with Gasteiger partial charge >= 0.3 is 5.91 Å². The summed E-state index contributed by atoms with van der Waals surface area (Å²) >= 11 is 1.35. The number of aliphatic hydroxyl groups is 1. The maximum atomic E-state index is 13.7. The topological polar surface area (TPSA) is 98.2 Å². The van der Waals surface area contributed by atoms with E-state index in [9.17, 15) is 14.7 Å². The Morgan fingerprint density at radius 3 is 2.56 bits per heavy atom. The lowest BCUT2D eigenvalue weighted by molar-refractivity contribution is -0.132. The number of benzene rings is 3. The number of hydrogen-bond donors (Lipinski definition) is 1. The number of carbonyl (C=O) groups excluding carboxylic acids is 2. The van der Waals surface area contributed by atoms with Gasteiger partial charge in [-0.05, 0) is 73.4 Å². The molecule has 4 aromatic rings. The van der Waals surface area contributed by atoms with Crippen LogP contribution in [0.4, 0.5) is 5.13 Å². The van der Waals surface area contributed by atoms with Gasteiger partial charge < -0.3 is 19.3 Å². The zero-order valence-electron chi connectivity index (χ0n) is 23.1. The van der Waals surface area contributed by atoms with Crippen molar-refractivity contribution in [2.45, 2.75) is 39.7 Å². The molecule has 1 aromatic heterocycles. The van der Waals surface area contributed by atoms with Gasteiger partial charge in [-0.25, -0.2) is 4.98 Å². The van der Waals surface area contributed by atoms with Crippen molar-refractivity contribution in [1.82, 2.24) is 4.98 Å². The summed E-state index contributed by atoms with van der Waals surface area (Å²) in [5, 5.41) is 12.0. The van der Waals surface area contributed by atoms with Gasteiger partial charge in [0.1, 0.15) is 24.7 Å². The summed E-state index contributed by atoms with van der Waals surface area (Å²) in [6, 6.07) is 15.4. The first kappa shape index (κ1) is 26.8. The molecule has 1 amide bonds. The van der Waals surface area contributed by atoms with Crippen molar-refractivity contribution in [2.24, 2.45) is 0 Å². The van der Waals surface area contributed by atoms with Crippen molar-refractivity contribution in [3.05, 3.63) is 82.4 Å². The second kappa shape index (κ2) is 10.9. The van der Waals surface area contributed by atoms with Crippen LogP contribution in [0.5, 0.6) is 17.2 Å². The Morgan fingerprint density at radius 2 is 1.80 bits per heavy atom. The number of anilines is 1. The van der Waals surface area contributed by atoms with E-state index >= 15 is 0 Å². The highest BCUT2D eigenvalue weighted by Gasteiger charge is 2.48. The normalized spacial score (nSPS) is 17.8. The average Bonchev–Trinajstić information content (AvgIpc) is 3.51. The van der Waals surface area contributed by atoms with Crippen LogP contribution in [0.25, 0.3) is 16.0 Å². The molecule has 1 N–H and O–H groups in total. The van der Waals surface area contributed by atoms with E-state index in [1.54, 1.807) is 18.2 Å². The Labute approximate surface area is 241 Å². The number of nitrogens with zero attached hydrogens (tertiary/aromatic N) is 2. The number of aromatic nitrogens is 1. The molecule has 2 aliphatic rings. The largest absolute Gasteiger partial charge is 0.507 e. The molecule has 3 aromatic carbocycles. The lowest BCUT2D eigenvalue weighted by atomic mass is 9.95. The number of ketones is 1. The van der Waals surface area contributed by atoms with Crippen LogP contribution in [0.2, 0.25) is 0 Å². The van der Waals surface area contributed by atoms with Gasteiger partial charge in [0.2, 0.25) is 0 Å². The fourth-order valence-electron chi connectivity index (χ4n) is 5.23.